The zero-order chi connectivity index (χ0) is 12.1. The number of rotatable bonds is 4. The molecule has 0 fully saturated rings. The molecule has 0 heterocycles. The highest BCUT2D eigenvalue weighted by molar-refractivity contribution is 5.75. The van der Waals surface area contributed by atoms with Crippen LogP contribution in [0, 0.1) is 10.1 Å². The number of hydrogen-bond acceptors (Lipinski definition) is 5. The lowest BCUT2D eigenvalue weighted by Gasteiger charge is -2.05. The van der Waals surface area contributed by atoms with Crippen LogP contribution in [0.1, 0.15) is 12.5 Å². The molecule has 0 aliphatic rings. The number of hydrogen-bond donors (Lipinski definition) is 1. The first-order chi connectivity index (χ1) is 7.56. The Hall–Kier alpha value is -2.11. The van der Waals surface area contributed by atoms with E-state index < -0.39 is 10.9 Å². The molecule has 0 saturated heterocycles. The van der Waals surface area contributed by atoms with Crippen molar-refractivity contribution in [1.82, 2.24) is 0 Å². The van der Waals surface area contributed by atoms with E-state index in [1.54, 1.807) is 6.92 Å². The Balaban J connectivity index is 3.01. The van der Waals surface area contributed by atoms with Gasteiger partial charge in [0.25, 0.3) is 5.69 Å². The Morgan fingerprint density at radius 3 is 2.81 bits per heavy atom. The van der Waals surface area contributed by atoms with Gasteiger partial charge in [-0.15, -0.1) is 0 Å². The quantitative estimate of drug-likeness (QED) is 0.475. The Kier molecular flexibility index (Phi) is 3.82. The number of nitro groups is 1. The van der Waals surface area contributed by atoms with Gasteiger partial charge in [0.1, 0.15) is 5.75 Å². The standard InChI is InChI=1S/C10H11NO5/c1-2-16-10(13)6-7-8(11(14)15)4-3-5-9(7)12/h3-5,12H,2,6H2,1H3. The topological polar surface area (TPSA) is 89.7 Å². The van der Waals surface area contributed by atoms with Crippen LogP contribution >= 0.6 is 0 Å². The summed E-state index contributed by atoms with van der Waals surface area (Å²) in [5.74, 6) is -0.880. The normalized spacial score (nSPS) is 9.81. The van der Waals surface area contributed by atoms with E-state index in [4.69, 9.17) is 0 Å². The third-order valence-electron chi connectivity index (χ3n) is 1.95. The number of aromatic hydroxyl groups is 1. The van der Waals surface area contributed by atoms with Gasteiger partial charge in [0.15, 0.2) is 0 Å². The van der Waals surface area contributed by atoms with E-state index >= 15 is 0 Å². The van der Waals surface area contributed by atoms with Crippen LogP contribution in [0.15, 0.2) is 18.2 Å². The smallest absolute Gasteiger partial charge is 0.310 e. The lowest BCUT2D eigenvalue weighted by Crippen LogP contribution is -2.09. The first-order valence-corrected chi connectivity index (χ1v) is 4.67. The molecular formula is C10H11NO5. The molecule has 0 unspecified atom stereocenters. The van der Waals surface area contributed by atoms with Gasteiger partial charge in [-0.05, 0) is 13.0 Å². The molecule has 0 bridgehead atoms. The molecular weight excluding hydrogens is 214 g/mol. The minimum absolute atomic E-state index is 0.0223. The van der Waals surface area contributed by atoms with E-state index in [2.05, 4.69) is 4.74 Å². The number of phenols is 1. The highest BCUT2D eigenvalue weighted by Crippen LogP contribution is 2.27. The van der Waals surface area contributed by atoms with Crippen LogP contribution in [-0.2, 0) is 16.0 Å². The molecule has 0 aliphatic carbocycles. The molecule has 0 aliphatic heterocycles. The first-order valence-electron chi connectivity index (χ1n) is 4.67. The molecule has 0 radical (unpaired) electrons. The van der Waals surface area contributed by atoms with Crippen LogP contribution in [0.5, 0.6) is 5.75 Å². The highest BCUT2D eigenvalue weighted by atomic mass is 16.6. The monoisotopic (exact) mass is 225 g/mol. The van der Waals surface area contributed by atoms with Crippen molar-refractivity contribution in [3.05, 3.63) is 33.9 Å². The molecule has 1 rings (SSSR count). The maximum absolute atomic E-state index is 11.2. The molecule has 0 amide bonds. The van der Waals surface area contributed by atoms with Crippen molar-refractivity contribution < 1.29 is 19.6 Å². The van der Waals surface area contributed by atoms with Gasteiger partial charge in [-0.3, -0.25) is 14.9 Å². The van der Waals surface area contributed by atoms with Gasteiger partial charge in [0.2, 0.25) is 0 Å². The van der Waals surface area contributed by atoms with E-state index in [0.29, 0.717) is 0 Å². The summed E-state index contributed by atoms with van der Waals surface area (Å²) in [7, 11) is 0. The summed E-state index contributed by atoms with van der Waals surface area (Å²) in [6, 6.07) is 3.87. The van der Waals surface area contributed by atoms with E-state index in [-0.39, 0.29) is 30.0 Å². The number of nitrogens with zero attached hydrogens (tertiary/aromatic N) is 1. The lowest BCUT2D eigenvalue weighted by atomic mass is 10.1. The van der Waals surface area contributed by atoms with E-state index in [9.17, 15) is 20.0 Å². The molecule has 6 nitrogen and oxygen atoms in total. The van der Waals surface area contributed by atoms with Crippen LogP contribution in [0.4, 0.5) is 5.69 Å². The number of carbonyl (C=O) groups is 1. The molecule has 1 aromatic carbocycles. The van der Waals surface area contributed by atoms with Gasteiger partial charge in [-0.2, -0.15) is 0 Å². The van der Waals surface area contributed by atoms with Crippen molar-refractivity contribution in [3.8, 4) is 5.75 Å². The van der Waals surface area contributed by atoms with Gasteiger partial charge in [0.05, 0.1) is 23.5 Å². The first kappa shape index (κ1) is 12.0. The Labute approximate surface area is 91.6 Å². The number of phenolic OH excluding ortho intramolecular Hbond substituents is 1. The minimum Gasteiger partial charge on any atom is -0.507 e. The summed E-state index contributed by atoms with van der Waals surface area (Å²) in [5, 5.41) is 20.1. The van der Waals surface area contributed by atoms with Crippen molar-refractivity contribution in [1.29, 1.82) is 0 Å². The van der Waals surface area contributed by atoms with Crippen LogP contribution < -0.4 is 0 Å². The molecule has 0 aromatic heterocycles. The van der Waals surface area contributed by atoms with Gasteiger partial charge >= 0.3 is 5.97 Å². The van der Waals surface area contributed by atoms with Crippen molar-refractivity contribution >= 4 is 11.7 Å². The highest BCUT2D eigenvalue weighted by Gasteiger charge is 2.20. The zero-order valence-electron chi connectivity index (χ0n) is 8.67. The summed E-state index contributed by atoms with van der Waals surface area (Å²) in [6.07, 6.45) is -0.309. The minimum atomic E-state index is -0.645. The van der Waals surface area contributed by atoms with E-state index in [0.717, 1.165) is 0 Å². The number of esters is 1. The van der Waals surface area contributed by atoms with Crippen LogP contribution in [0.3, 0.4) is 0 Å². The lowest BCUT2D eigenvalue weighted by molar-refractivity contribution is -0.385. The predicted molar refractivity (Wildman–Crippen MR) is 55.1 cm³/mol. The maximum atomic E-state index is 11.2. The summed E-state index contributed by atoms with van der Waals surface area (Å²) in [6.45, 7) is 1.83. The van der Waals surface area contributed by atoms with Gasteiger partial charge in [0, 0.05) is 6.07 Å². The van der Waals surface area contributed by atoms with Crippen molar-refractivity contribution in [2.75, 3.05) is 6.61 Å². The second-order valence-electron chi connectivity index (χ2n) is 3.01. The number of carbonyl (C=O) groups excluding carboxylic acids is 1. The number of nitro benzene ring substituents is 1. The second kappa shape index (κ2) is 5.11. The second-order valence-corrected chi connectivity index (χ2v) is 3.01. The van der Waals surface area contributed by atoms with Crippen molar-refractivity contribution in [3.63, 3.8) is 0 Å². The number of benzene rings is 1. The molecule has 86 valence electrons. The SMILES string of the molecule is CCOC(=O)Cc1c(O)cccc1[N+](=O)[O-]. The average Bonchev–Trinajstić information content (AvgIpc) is 2.21. The fourth-order valence-corrected chi connectivity index (χ4v) is 1.27. The zero-order valence-corrected chi connectivity index (χ0v) is 8.67. The van der Waals surface area contributed by atoms with Crippen LogP contribution in [-0.4, -0.2) is 22.6 Å². The third kappa shape index (κ3) is 2.69. The summed E-state index contributed by atoms with van der Waals surface area (Å²) in [5.41, 5.74) is -0.306. The Morgan fingerprint density at radius 2 is 2.25 bits per heavy atom. The molecule has 0 spiro atoms. The molecule has 16 heavy (non-hydrogen) atoms. The van der Waals surface area contributed by atoms with E-state index in [1.165, 1.54) is 18.2 Å². The Bertz CT molecular complexity index is 416. The average molecular weight is 225 g/mol. The summed E-state index contributed by atoms with van der Waals surface area (Å²) < 4.78 is 4.66. The van der Waals surface area contributed by atoms with Crippen molar-refractivity contribution in [2.24, 2.45) is 0 Å². The van der Waals surface area contributed by atoms with Crippen molar-refractivity contribution in [2.45, 2.75) is 13.3 Å². The summed E-state index contributed by atoms with van der Waals surface area (Å²) >= 11 is 0. The molecule has 0 atom stereocenters. The fourth-order valence-electron chi connectivity index (χ4n) is 1.27. The third-order valence-corrected chi connectivity index (χ3v) is 1.95. The van der Waals surface area contributed by atoms with Crippen LogP contribution in [0.25, 0.3) is 0 Å². The van der Waals surface area contributed by atoms with Gasteiger partial charge in [-0.1, -0.05) is 6.07 Å². The van der Waals surface area contributed by atoms with Crippen LogP contribution in [0.2, 0.25) is 0 Å². The predicted octanol–water partition coefficient (Wildman–Crippen LogP) is 1.41. The molecule has 1 aromatic rings. The molecule has 1 N–H and O–H groups in total. The molecule has 0 saturated carbocycles. The van der Waals surface area contributed by atoms with E-state index in [1.807, 2.05) is 0 Å². The fraction of sp³-hybridized carbons (Fsp3) is 0.300. The molecule has 6 heteroatoms. The summed E-state index contributed by atoms with van der Waals surface area (Å²) in [4.78, 5) is 21.2. The Morgan fingerprint density at radius 1 is 1.56 bits per heavy atom. The maximum Gasteiger partial charge on any atom is 0.310 e. The largest absolute Gasteiger partial charge is 0.507 e. The number of ether oxygens (including phenoxy) is 1. The van der Waals surface area contributed by atoms with Gasteiger partial charge in [-0.25, -0.2) is 0 Å². The van der Waals surface area contributed by atoms with Gasteiger partial charge < -0.3 is 9.84 Å².